The van der Waals surface area contributed by atoms with E-state index >= 15 is 0 Å². The van der Waals surface area contributed by atoms with E-state index in [1.165, 1.54) is 7.11 Å². The van der Waals surface area contributed by atoms with Gasteiger partial charge in [-0.2, -0.15) is 5.10 Å². The number of anilines is 1. The first-order valence-corrected chi connectivity index (χ1v) is 5.59. The minimum atomic E-state index is -0.405. The Morgan fingerprint density at radius 2 is 2.29 bits per heavy atom. The third-order valence-corrected chi connectivity index (χ3v) is 2.66. The van der Waals surface area contributed by atoms with Crippen molar-refractivity contribution in [2.75, 3.05) is 12.8 Å². The lowest BCUT2D eigenvalue weighted by molar-refractivity contribution is 0.0600. The van der Waals surface area contributed by atoms with Gasteiger partial charge in [0.15, 0.2) is 0 Å². The van der Waals surface area contributed by atoms with Crippen molar-refractivity contribution < 1.29 is 9.53 Å². The molecule has 2 rings (SSSR count). The number of esters is 1. The number of nitrogen functional groups attached to an aromatic ring is 1. The molecule has 0 aliphatic carbocycles. The number of hydrogen-bond donors (Lipinski definition) is 1. The molecule has 0 spiro atoms. The van der Waals surface area contributed by atoms with Crippen molar-refractivity contribution in [1.82, 2.24) is 9.78 Å². The molecule has 0 saturated heterocycles. The van der Waals surface area contributed by atoms with Crippen LogP contribution in [-0.2, 0) is 4.74 Å². The summed E-state index contributed by atoms with van der Waals surface area (Å²) in [6.07, 6.45) is 3.40. The molecule has 1 heterocycles. The molecule has 0 unspecified atom stereocenters. The number of ether oxygens (including phenoxy) is 1. The Morgan fingerprint density at radius 1 is 1.53 bits per heavy atom. The lowest BCUT2D eigenvalue weighted by Gasteiger charge is -2.07. The highest BCUT2D eigenvalue weighted by atomic mass is 79.9. The van der Waals surface area contributed by atoms with Crippen molar-refractivity contribution in [3.05, 3.63) is 40.6 Å². The zero-order valence-corrected chi connectivity index (χ0v) is 10.6. The van der Waals surface area contributed by atoms with Gasteiger partial charge in [0.2, 0.25) is 0 Å². The molecule has 6 heteroatoms. The second kappa shape index (κ2) is 4.58. The Kier molecular flexibility index (Phi) is 3.14. The van der Waals surface area contributed by atoms with E-state index in [-0.39, 0.29) is 0 Å². The van der Waals surface area contributed by atoms with Crippen LogP contribution in [0.4, 0.5) is 5.69 Å². The van der Waals surface area contributed by atoms with Crippen LogP contribution in [0.25, 0.3) is 5.69 Å². The molecule has 2 N–H and O–H groups in total. The SMILES string of the molecule is COC(=O)c1ccc(N)c(-n2cc(Br)cn2)c1. The third-order valence-electron chi connectivity index (χ3n) is 2.25. The minimum Gasteiger partial charge on any atom is -0.465 e. The van der Waals surface area contributed by atoms with Crippen LogP contribution < -0.4 is 5.73 Å². The molecule has 5 nitrogen and oxygen atoms in total. The molecule has 0 atom stereocenters. The van der Waals surface area contributed by atoms with Crippen LogP contribution in [-0.4, -0.2) is 22.9 Å². The maximum absolute atomic E-state index is 11.4. The first kappa shape index (κ1) is 11.7. The molecule has 1 aromatic carbocycles. The first-order valence-electron chi connectivity index (χ1n) is 4.80. The van der Waals surface area contributed by atoms with Gasteiger partial charge in [-0.15, -0.1) is 0 Å². The van der Waals surface area contributed by atoms with Crippen molar-refractivity contribution in [2.45, 2.75) is 0 Å². The normalized spacial score (nSPS) is 10.2. The summed E-state index contributed by atoms with van der Waals surface area (Å²) in [6.45, 7) is 0. The van der Waals surface area contributed by atoms with Crippen molar-refractivity contribution >= 4 is 27.6 Å². The second-order valence-electron chi connectivity index (χ2n) is 3.37. The van der Waals surface area contributed by atoms with Gasteiger partial charge < -0.3 is 10.5 Å². The Bertz CT molecular complexity index is 566. The Labute approximate surface area is 106 Å². The average molecular weight is 296 g/mol. The van der Waals surface area contributed by atoms with Gasteiger partial charge in [0.25, 0.3) is 0 Å². The van der Waals surface area contributed by atoms with E-state index in [4.69, 9.17) is 5.73 Å². The fourth-order valence-electron chi connectivity index (χ4n) is 1.42. The predicted octanol–water partition coefficient (Wildman–Crippen LogP) is 2.00. The van der Waals surface area contributed by atoms with Gasteiger partial charge in [-0.25, -0.2) is 9.48 Å². The van der Waals surface area contributed by atoms with Crippen LogP contribution in [0, 0.1) is 0 Å². The Hall–Kier alpha value is -1.82. The summed E-state index contributed by atoms with van der Waals surface area (Å²) in [5, 5.41) is 4.11. The first-order chi connectivity index (χ1) is 8.11. The van der Waals surface area contributed by atoms with Gasteiger partial charge >= 0.3 is 5.97 Å². The molecule has 0 fully saturated rings. The number of carbonyl (C=O) groups is 1. The number of hydrogen-bond acceptors (Lipinski definition) is 4. The van der Waals surface area contributed by atoms with Gasteiger partial charge in [-0.1, -0.05) is 0 Å². The second-order valence-corrected chi connectivity index (χ2v) is 4.28. The number of halogens is 1. The summed E-state index contributed by atoms with van der Waals surface area (Å²) in [5.41, 5.74) is 7.45. The van der Waals surface area contributed by atoms with E-state index in [1.807, 2.05) is 0 Å². The fourth-order valence-corrected chi connectivity index (χ4v) is 1.70. The van der Waals surface area contributed by atoms with Crippen molar-refractivity contribution in [1.29, 1.82) is 0 Å². The van der Waals surface area contributed by atoms with E-state index < -0.39 is 5.97 Å². The monoisotopic (exact) mass is 295 g/mol. The summed E-state index contributed by atoms with van der Waals surface area (Å²) in [4.78, 5) is 11.4. The number of nitrogens with two attached hydrogens (primary N) is 1. The van der Waals surface area contributed by atoms with Crippen LogP contribution >= 0.6 is 15.9 Å². The highest BCUT2D eigenvalue weighted by molar-refractivity contribution is 9.10. The largest absolute Gasteiger partial charge is 0.465 e. The molecular formula is C11H10BrN3O2. The molecule has 2 aromatic rings. The lowest BCUT2D eigenvalue weighted by Crippen LogP contribution is -2.05. The maximum Gasteiger partial charge on any atom is 0.337 e. The van der Waals surface area contributed by atoms with Crippen LogP contribution in [0.3, 0.4) is 0 Å². The van der Waals surface area contributed by atoms with Crippen molar-refractivity contribution in [3.8, 4) is 5.69 Å². The fraction of sp³-hybridized carbons (Fsp3) is 0.0909. The number of carbonyl (C=O) groups excluding carboxylic acids is 1. The number of aromatic nitrogens is 2. The molecule has 0 radical (unpaired) electrons. The molecule has 0 aliphatic rings. The minimum absolute atomic E-state index is 0.405. The molecule has 17 heavy (non-hydrogen) atoms. The van der Waals surface area contributed by atoms with E-state index in [9.17, 15) is 4.79 Å². The summed E-state index contributed by atoms with van der Waals surface area (Å²) in [6, 6.07) is 4.90. The lowest BCUT2D eigenvalue weighted by atomic mass is 10.2. The van der Waals surface area contributed by atoms with E-state index in [0.717, 1.165) is 4.47 Å². The van der Waals surface area contributed by atoms with Gasteiger partial charge in [0.1, 0.15) is 0 Å². The van der Waals surface area contributed by atoms with Crippen LogP contribution in [0.5, 0.6) is 0 Å². The average Bonchev–Trinajstić information content (AvgIpc) is 2.75. The van der Waals surface area contributed by atoms with Gasteiger partial charge in [-0.3, -0.25) is 0 Å². The summed E-state index contributed by atoms with van der Waals surface area (Å²) in [7, 11) is 1.34. The molecule has 0 bridgehead atoms. The number of methoxy groups -OCH3 is 1. The molecule has 0 aliphatic heterocycles. The highest BCUT2D eigenvalue weighted by Crippen LogP contribution is 2.20. The smallest absolute Gasteiger partial charge is 0.337 e. The molecule has 0 amide bonds. The Morgan fingerprint density at radius 3 is 2.88 bits per heavy atom. The zero-order valence-electron chi connectivity index (χ0n) is 9.05. The third kappa shape index (κ3) is 2.31. The van der Waals surface area contributed by atoms with Crippen LogP contribution in [0.1, 0.15) is 10.4 Å². The molecule has 0 saturated carbocycles. The zero-order chi connectivity index (χ0) is 12.4. The molecular weight excluding hydrogens is 286 g/mol. The molecule has 88 valence electrons. The number of nitrogens with zero attached hydrogens (tertiary/aromatic N) is 2. The van der Waals surface area contributed by atoms with Gasteiger partial charge in [0, 0.05) is 6.20 Å². The topological polar surface area (TPSA) is 70.1 Å². The maximum atomic E-state index is 11.4. The quantitative estimate of drug-likeness (QED) is 0.679. The molecule has 1 aromatic heterocycles. The number of benzene rings is 1. The summed E-state index contributed by atoms with van der Waals surface area (Å²) in [5.74, 6) is -0.405. The number of rotatable bonds is 2. The summed E-state index contributed by atoms with van der Waals surface area (Å²) >= 11 is 3.30. The highest BCUT2D eigenvalue weighted by Gasteiger charge is 2.10. The Balaban J connectivity index is 2.49. The van der Waals surface area contributed by atoms with Gasteiger partial charge in [0.05, 0.1) is 34.7 Å². The van der Waals surface area contributed by atoms with Crippen LogP contribution in [0.15, 0.2) is 35.1 Å². The van der Waals surface area contributed by atoms with Crippen molar-refractivity contribution in [2.24, 2.45) is 0 Å². The van der Waals surface area contributed by atoms with E-state index in [0.29, 0.717) is 16.9 Å². The standard InChI is InChI=1S/C11H10BrN3O2/c1-17-11(16)7-2-3-9(13)10(4-7)15-6-8(12)5-14-15/h2-6H,13H2,1H3. The van der Waals surface area contributed by atoms with Crippen LogP contribution in [0.2, 0.25) is 0 Å². The summed E-state index contributed by atoms with van der Waals surface area (Å²) < 4.78 is 7.08. The predicted molar refractivity (Wildman–Crippen MR) is 67.0 cm³/mol. The van der Waals surface area contributed by atoms with Crippen molar-refractivity contribution in [3.63, 3.8) is 0 Å². The van der Waals surface area contributed by atoms with E-state index in [2.05, 4.69) is 25.8 Å². The van der Waals surface area contributed by atoms with Gasteiger partial charge in [-0.05, 0) is 34.1 Å². The van der Waals surface area contributed by atoms with E-state index in [1.54, 1.807) is 35.3 Å².